The highest BCUT2D eigenvalue weighted by molar-refractivity contribution is 6.31. The number of hydrogen-bond acceptors (Lipinski definition) is 5. The van der Waals surface area contributed by atoms with Crippen molar-refractivity contribution in [1.29, 1.82) is 0 Å². The summed E-state index contributed by atoms with van der Waals surface area (Å²) in [7, 11) is 0. The highest BCUT2D eigenvalue weighted by Crippen LogP contribution is 2.23. The first-order chi connectivity index (χ1) is 8.69. The van der Waals surface area contributed by atoms with Gasteiger partial charge in [0.25, 0.3) is 0 Å². The summed E-state index contributed by atoms with van der Waals surface area (Å²) in [5.74, 6) is 5.70. The van der Waals surface area contributed by atoms with Crippen LogP contribution in [0, 0.1) is 0 Å². The zero-order valence-corrected chi connectivity index (χ0v) is 10.7. The predicted octanol–water partition coefficient (Wildman–Crippen LogP) is 2.65. The van der Waals surface area contributed by atoms with Crippen LogP contribution in [0.15, 0.2) is 30.5 Å². The van der Waals surface area contributed by atoms with Crippen molar-refractivity contribution in [1.82, 2.24) is 9.97 Å². The van der Waals surface area contributed by atoms with Crippen LogP contribution in [-0.4, -0.2) is 9.97 Å². The number of nitrogens with two attached hydrogens (primary N) is 1. The lowest BCUT2D eigenvalue weighted by Crippen LogP contribution is -2.11. The maximum Gasteiger partial charge on any atom is 0.240 e. The van der Waals surface area contributed by atoms with Crippen LogP contribution in [0.25, 0.3) is 0 Å². The van der Waals surface area contributed by atoms with Crippen LogP contribution in [0.3, 0.4) is 0 Å². The number of nitrogens with one attached hydrogen (secondary N) is 1. The van der Waals surface area contributed by atoms with E-state index >= 15 is 0 Å². The summed E-state index contributed by atoms with van der Waals surface area (Å²) < 4.78 is 5.48. The van der Waals surface area contributed by atoms with Crippen LogP contribution in [0.1, 0.15) is 5.56 Å². The van der Waals surface area contributed by atoms with Crippen molar-refractivity contribution in [3.8, 4) is 5.88 Å². The topological polar surface area (TPSA) is 73.1 Å². The molecule has 0 saturated carbocycles. The lowest BCUT2D eigenvalue weighted by molar-refractivity contribution is 0.294. The summed E-state index contributed by atoms with van der Waals surface area (Å²) in [4.78, 5) is 7.84. The normalized spacial score (nSPS) is 10.2. The smallest absolute Gasteiger partial charge is 0.240 e. The Morgan fingerprint density at radius 3 is 2.89 bits per heavy atom. The van der Waals surface area contributed by atoms with E-state index in [1.54, 1.807) is 12.1 Å². The van der Waals surface area contributed by atoms with Crippen LogP contribution >= 0.6 is 23.2 Å². The minimum atomic E-state index is 0.237. The van der Waals surface area contributed by atoms with E-state index in [1.807, 2.05) is 12.1 Å². The Kier molecular flexibility index (Phi) is 4.19. The molecular weight excluding hydrogens is 275 g/mol. The van der Waals surface area contributed by atoms with Gasteiger partial charge in [-0.25, -0.2) is 10.8 Å². The second-order valence-corrected chi connectivity index (χ2v) is 4.25. The van der Waals surface area contributed by atoms with E-state index in [0.717, 1.165) is 5.56 Å². The third kappa shape index (κ3) is 3.22. The van der Waals surface area contributed by atoms with E-state index in [1.165, 1.54) is 6.20 Å². The molecule has 0 unspecified atom stereocenters. The average molecular weight is 285 g/mol. The number of hydrazine groups is 1. The Balaban J connectivity index is 2.10. The second kappa shape index (κ2) is 5.86. The molecule has 5 nitrogen and oxygen atoms in total. The van der Waals surface area contributed by atoms with Gasteiger partial charge < -0.3 is 4.74 Å². The standard InChI is InChI=1S/C11H10Cl2N4O/c12-8-3-1-2-7(4-8)6-18-10-9(13)5-15-11(16-10)17-14/h1-5H,6,14H2,(H,15,16,17). The molecule has 0 fully saturated rings. The van der Waals surface area contributed by atoms with Gasteiger partial charge in [-0.1, -0.05) is 35.3 Å². The minimum absolute atomic E-state index is 0.237. The lowest BCUT2D eigenvalue weighted by atomic mass is 10.2. The summed E-state index contributed by atoms with van der Waals surface area (Å²) in [6.07, 6.45) is 1.41. The van der Waals surface area contributed by atoms with Gasteiger partial charge in [0.2, 0.25) is 11.8 Å². The molecule has 0 aliphatic rings. The van der Waals surface area contributed by atoms with Crippen molar-refractivity contribution >= 4 is 29.2 Å². The molecule has 3 N–H and O–H groups in total. The number of nitrogens with zero attached hydrogens (tertiary/aromatic N) is 2. The van der Waals surface area contributed by atoms with Gasteiger partial charge >= 0.3 is 0 Å². The maximum atomic E-state index is 5.91. The predicted molar refractivity (Wildman–Crippen MR) is 70.6 cm³/mol. The lowest BCUT2D eigenvalue weighted by Gasteiger charge is -2.08. The van der Waals surface area contributed by atoms with Crippen molar-refractivity contribution < 1.29 is 4.74 Å². The van der Waals surface area contributed by atoms with E-state index in [-0.39, 0.29) is 11.8 Å². The van der Waals surface area contributed by atoms with Crippen molar-refractivity contribution in [3.63, 3.8) is 0 Å². The molecule has 7 heteroatoms. The number of nitrogen functional groups attached to an aromatic ring is 1. The molecular formula is C11H10Cl2N4O. The molecule has 0 radical (unpaired) electrons. The van der Waals surface area contributed by atoms with E-state index < -0.39 is 0 Å². The van der Waals surface area contributed by atoms with Crippen LogP contribution < -0.4 is 16.0 Å². The summed E-state index contributed by atoms with van der Waals surface area (Å²) in [5, 5.41) is 0.963. The number of halogens is 2. The van der Waals surface area contributed by atoms with Crippen molar-refractivity contribution in [2.75, 3.05) is 5.43 Å². The first-order valence-corrected chi connectivity index (χ1v) is 5.81. The van der Waals surface area contributed by atoms with Gasteiger partial charge in [0.15, 0.2) is 0 Å². The maximum absolute atomic E-state index is 5.91. The van der Waals surface area contributed by atoms with Crippen molar-refractivity contribution in [2.45, 2.75) is 6.61 Å². The monoisotopic (exact) mass is 284 g/mol. The molecule has 0 bridgehead atoms. The van der Waals surface area contributed by atoms with E-state index in [9.17, 15) is 0 Å². The van der Waals surface area contributed by atoms with Gasteiger partial charge in [0.05, 0.1) is 6.20 Å². The second-order valence-electron chi connectivity index (χ2n) is 3.41. The number of rotatable bonds is 4. The first-order valence-electron chi connectivity index (χ1n) is 5.05. The third-order valence-corrected chi connectivity index (χ3v) is 2.60. The summed E-state index contributed by atoms with van der Waals surface area (Å²) in [5.41, 5.74) is 3.24. The molecule has 0 saturated heterocycles. The fraction of sp³-hybridized carbons (Fsp3) is 0.0909. The van der Waals surface area contributed by atoms with Crippen LogP contribution in [0.4, 0.5) is 5.95 Å². The average Bonchev–Trinajstić information content (AvgIpc) is 2.38. The molecule has 94 valence electrons. The highest BCUT2D eigenvalue weighted by Gasteiger charge is 2.06. The molecule has 2 aromatic rings. The van der Waals surface area contributed by atoms with Gasteiger partial charge in [0.1, 0.15) is 11.6 Å². The van der Waals surface area contributed by atoms with Crippen molar-refractivity contribution in [2.24, 2.45) is 5.84 Å². The largest absolute Gasteiger partial charge is 0.472 e. The Bertz CT molecular complexity index is 550. The quantitative estimate of drug-likeness (QED) is 0.667. The van der Waals surface area contributed by atoms with E-state index in [2.05, 4.69) is 15.4 Å². The zero-order valence-electron chi connectivity index (χ0n) is 9.23. The minimum Gasteiger partial charge on any atom is -0.472 e. The summed E-state index contributed by atoms with van der Waals surface area (Å²) in [6.45, 7) is 0.307. The molecule has 0 amide bonds. The number of anilines is 1. The van der Waals surface area contributed by atoms with Gasteiger partial charge in [-0.3, -0.25) is 5.43 Å². The van der Waals surface area contributed by atoms with Crippen LogP contribution in [-0.2, 0) is 6.61 Å². The molecule has 0 aliphatic carbocycles. The Morgan fingerprint density at radius 2 is 2.17 bits per heavy atom. The number of benzene rings is 1. The molecule has 2 rings (SSSR count). The molecule has 0 aliphatic heterocycles. The van der Waals surface area contributed by atoms with Gasteiger partial charge in [0, 0.05) is 5.02 Å². The van der Waals surface area contributed by atoms with Crippen LogP contribution in [0.2, 0.25) is 10.0 Å². The summed E-state index contributed by atoms with van der Waals surface area (Å²) in [6, 6.07) is 7.33. The molecule has 0 spiro atoms. The first kappa shape index (κ1) is 12.9. The molecule has 1 aromatic heterocycles. The number of hydrogen-bond donors (Lipinski definition) is 2. The van der Waals surface area contributed by atoms with Crippen LogP contribution in [0.5, 0.6) is 5.88 Å². The van der Waals surface area contributed by atoms with Crippen molar-refractivity contribution in [3.05, 3.63) is 46.1 Å². The fourth-order valence-corrected chi connectivity index (χ4v) is 1.66. The van der Waals surface area contributed by atoms with Gasteiger partial charge in [-0.2, -0.15) is 4.98 Å². The van der Waals surface area contributed by atoms with Gasteiger partial charge in [-0.15, -0.1) is 0 Å². The van der Waals surface area contributed by atoms with Gasteiger partial charge in [-0.05, 0) is 17.7 Å². The van der Waals surface area contributed by atoms with E-state index in [0.29, 0.717) is 16.7 Å². The summed E-state index contributed by atoms with van der Waals surface area (Å²) >= 11 is 11.8. The van der Waals surface area contributed by atoms with E-state index in [4.69, 9.17) is 33.8 Å². The Morgan fingerprint density at radius 1 is 1.33 bits per heavy atom. The molecule has 1 aromatic carbocycles. The number of ether oxygens (including phenoxy) is 1. The molecule has 1 heterocycles. The Labute approximate surface area is 114 Å². The molecule has 18 heavy (non-hydrogen) atoms. The highest BCUT2D eigenvalue weighted by atomic mass is 35.5. The Hall–Kier alpha value is -1.56. The fourth-order valence-electron chi connectivity index (χ4n) is 1.30. The third-order valence-electron chi connectivity index (χ3n) is 2.11. The zero-order chi connectivity index (χ0) is 13.0. The molecule has 0 atom stereocenters. The number of aromatic nitrogens is 2. The SMILES string of the molecule is NNc1ncc(Cl)c(OCc2cccc(Cl)c2)n1.